The molecule has 3 unspecified atom stereocenters. The van der Waals surface area contributed by atoms with Crippen molar-refractivity contribution in [3.63, 3.8) is 0 Å². The summed E-state index contributed by atoms with van der Waals surface area (Å²) in [4.78, 5) is 0. The van der Waals surface area contributed by atoms with Gasteiger partial charge in [0.1, 0.15) is 0 Å². The molecule has 3 N–H and O–H groups in total. The van der Waals surface area contributed by atoms with Gasteiger partial charge in [0.15, 0.2) is 0 Å². The molecule has 2 fully saturated rings. The first-order chi connectivity index (χ1) is 9.90. The van der Waals surface area contributed by atoms with E-state index in [2.05, 4.69) is 22.9 Å². The van der Waals surface area contributed by atoms with Gasteiger partial charge in [-0.2, -0.15) is 0 Å². The lowest BCUT2D eigenvalue weighted by Crippen LogP contribution is -2.36. The molecule has 0 amide bonds. The van der Waals surface area contributed by atoms with E-state index in [1.54, 1.807) is 0 Å². The zero-order valence-electron chi connectivity index (χ0n) is 13.4. The van der Waals surface area contributed by atoms with Gasteiger partial charge in [0, 0.05) is 26.2 Å². The van der Waals surface area contributed by atoms with Crippen molar-refractivity contribution in [2.75, 3.05) is 39.3 Å². The molecule has 0 aromatic rings. The number of likely N-dealkylation sites (N-methyl/N-ethyl adjacent to an activating group) is 1. The van der Waals surface area contributed by atoms with E-state index in [9.17, 15) is 0 Å². The van der Waals surface area contributed by atoms with E-state index in [1.165, 1.54) is 51.5 Å². The van der Waals surface area contributed by atoms with Gasteiger partial charge in [-0.05, 0) is 50.1 Å². The third kappa shape index (κ3) is 5.71. The highest BCUT2D eigenvalue weighted by atomic mass is 15.0. The van der Waals surface area contributed by atoms with Crippen LogP contribution in [0, 0.1) is 17.8 Å². The molecule has 3 nitrogen and oxygen atoms in total. The average Bonchev–Trinajstić information content (AvgIpc) is 2.50. The summed E-state index contributed by atoms with van der Waals surface area (Å²) < 4.78 is 0. The Kier molecular flexibility index (Phi) is 7.92. The largest absolute Gasteiger partial charge is 0.316 e. The summed E-state index contributed by atoms with van der Waals surface area (Å²) >= 11 is 0. The van der Waals surface area contributed by atoms with Crippen molar-refractivity contribution in [3.05, 3.63) is 0 Å². The van der Waals surface area contributed by atoms with Crippen LogP contribution in [0.4, 0.5) is 0 Å². The van der Waals surface area contributed by atoms with Crippen molar-refractivity contribution in [1.82, 2.24) is 16.0 Å². The fourth-order valence-corrected chi connectivity index (χ4v) is 4.12. The molecule has 0 saturated heterocycles. The fraction of sp³-hybridized carbons (Fsp3) is 1.00. The van der Waals surface area contributed by atoms with E-state index >= 15 is 0 Å². The van der Waals surface area contributed by atoms with Crippen LogP contribution in [-0.4, -0.2) is 39.3 Å². The minimum atomic E-state index is 0.955. The van der Waals surface area contributed by atoms with Crippen LogP contribution < -0.4 is 16.0 Å². The molecular formula is C17H35N3. The quantitative estimate of drug-likeness (QED) is 0.568. The molecule has 2 rings (SSSR count). The number of nitrogens with one attached hydrogen (secondary N) is 3. The highest BCUT2D eigenvalue weighted by molar-refractivity contribution is 4.83. The maximum absolute atomic E-state index is 3.66. The summed E-state index contributed by atoms with van der Waals surface area (Å²) in [6, 6.07) is 0. The maximum atomic E-state index is 3.66. The van der Waals surface area contributed by atoms with Gasteiger partial charge in [0.25, 0.3) is 0 Å². The standard InChI is InChI=1S/C17H35N3/c1-2-18-9-10-19-11-12-20-14-15-7-8-16-5-3-4-6-17(16)13-15/h15-20H,2-14H2,1H3. The van der Waals surface area contributed by atoms with Gasteiger partial charge < -0.3 is 16.0 Å². The van der Waals surface area contributed by atoms with Gasteiger partial charge in [0.2, 0.25) is 0 Å². The summed E-state index contributed by atoms with van der Waals surface area (Å²) in [5.41, 5.74) is 0. The Bertz CT molecular complexity index is 244. The lowest BCUT2D eigenvalue weighted by atomic mass is 9.67. The topological polar surface area (TPSA) is 36.1 Å². The third-order valence-electron chi connectivity index (χ3n) is 5.29. The Balaban J connectivity index is 1.46. The molecule has 3 atom stereocenters. The normalized spacial score (nSPS) is 30.1. The van der Waals surface area contributed by atoms with Crippen LogP contribution in [0.15, 0.2) is 0 Å². The van der Waals surface area contributed by atoms with E-state index in [0.29, 0.717) is 0 Å². The lowest BCUT2D eigenvalue weighted by Gasteiger charge is -2.39. The van der Waals surface area contributed by atoms with Crippen LogP contribution in [0.1, 0.15) is 51.9 Å². The van der Waals surface area contributed by atoms with Crippen molar-refractivity contribution >= 4 is 0 Å². The van der Waals surface area contributed by atoms with Crippen molar-refractivity contribution in [3.8, 4) is 0 Å². The van der Waals surface area contributed by atoms with Gasteiger partial charge in [-0.15, -0.1) is 0 Å². The monoisotopic (exact) mass is 281 g/mol. The second-order valence-corrected chi connectivity index (χ2v) is 6.79. The Morgan fingerprint density at radius 3 is 2.25 bits per heavy atom. The van der Waals surface area contributed by atoms with Gasteiger partial charge in [0.05, 0.1) is 0 Å². The molecule has 3 heteroatoms. The minimum Gasteiger partial charge on any atom is -0.316 e. The second-order valence-electron chi connectivity index (χ2n) is 6.79. The highest BCUT2D eigenvalue weighted by Crippen LogP contribution is 2.42. The minimum absolute atomic E-state index is 0.955. The molecule has 0 heterocycles. The fourth-order valence-electron chi connectivity index (χ4n) is 4.12. The highest BCUT2D eigenvalue weighted by Gasteiger charge is 2.31. The predicted octanol–water partition coefficient (Wildman–Crippen LogP) is 2.38. The lowest BCUT2D eigenvalue weighted by molar-refractivity contribution is 0.129. The molecule has 20 heavy (non-hydrogen) atoms. The van der Waals surface area contributed by atoms with Crippen LogP contribution in [0.5, 0.6) is 0 Å². The summed E-state index contributed by atoms with van der Waals surface area (Å²) in [5.74, 6) is 3.12. The first-order valence-electron chi connectivity index (χ1n) is 9.02. The molecule has 0 spiro atoms. The van der Waals surface area contributed by atoms with E-state index in [1.807, 2.05) is 0 Å². The average molecular weight is 281 g/mol. The van der Waals surface area contributed by atoms with E-state index in [-0.39, 0.29) is 0 Å². The van der Waals surface area contributed by atoms with Gasteiger partial charge in [-0.1, -0.05) is 32.6 Å². The number of hydrogen-bond donors (Lipinski definition) is 3. The second kappa shape index (κ2) is 9.75. The zero-order valence-corrected chi connectivity index (χ0v) is 13.4. The van der Waals surface area contributed by atoms with E-state index in [0.717, 1.165) is 50.5 Å². The Morgan fingerprint density at radius 1 is 0.750 bits per heavy atom. The van der Waals surface area contributed by atoms with Gasteiger partial charge >= 0.3 is 0 Å². The van der Waals surface area contributed by atoms with Crippen LogP contribution in [0.25, 0.3) is 0 Å². The van der Waals surface area contributed by atoms with Crippen LogP contribution >= 0.6 is 0 Å². The van der Waals surface area contributed by atoms with Crippen LogP contribution in [-0.2, 0) is 0 Å². The van der Waals surface area contributed by atoms with Crippen LogP contribution in [0.3, 0.4) is 0 Å². The molecule has 0 aliphatic heterocycles. The van der Waals surface area contributed by atoms with Gasteiger partial charge in [-0.25, -0.2) is 0 Å². The summed E-state index contributed by atoms with van der Waals surface area (Å²) in [7, 11) is 0. The third-order valence-corrected chi connectivity index (χ3v) is 5.29. The summed E-state index contributed by atoms with van der Waals surface area (Å²) in [5, 5.41) is 10.5. The molecule has 2 saturated carbocycles. The molecule has 2 aliphatic rings. The van der Waals surface area contributed by atoms with E-state index in [4.69, 9.17) is 0 Å². The number of rotatable bonds is 9. The van der Waals surface area contributed by atoms with Crippen molar-refractivity contribution in [1.29, 1.82) is 0 Å². The molecule has 0 bridgehead atoms. The van der Waals surface area contributed by atoms with Crippen molar-refractivity contribution in [2.45, 2.75) is 51.9 Å². The smallest absolute Gasteiger partial charge is 0.00772 e. The first kappa shape index (κ1) is 16.3. The Hall–Kier alpha value is -0.120. The first-order valence-corrected chi connectivity index (χ1v) is 9.02. The summed E-state index contributed by atoms with van der Waals surface area (Å²) in [6.45, 7) is 8.87. The number of hydrogen-bond acceptors (Lipinski definition) is 3. The molecule has 0 radical (unpaired) electrons. The molecular weight excluding hydrogens is 246 g/mol. The SMILES string of the molecule is CCNCCNCCNCC1CCC2CCCCC2C1. The molecule has 118 valence electrons. The van der Waals surface area contributed by atoms with Crippen molar-refractivity contribution in [2.24, 2.45) is 17.8 Å². The number of fused-ring (bicyclic) bond motifs is 1. The van der Waals surface area contributed by atoms with Crippen LogP contribution in [0.2, 0.25) is 0 Å². The van der Waals surface area contributed by atoms with Crippen molar-refractivity contribution < 1.29 is 0 Å². The Labute approximate surface area is 125 Å². The summed E-state index contributed by atoms with van der Waals surface area (Å²) in [6.07, 6.45) is 10.5. The maximum Gasteiger partial charge on any atom is 0.00772 e. The van der Waals surface area contributed by atoms with Gasteiger partial charge in [-0.3, -0.25) is 0 Å². The molecule has 0 aromatic heterocycles. The zero-order chi connectivity index (χ0) is 14.0. The molecule has 0 aromatic carbocycles. The predicted molar refractivity (Wildman–Crippen MR) is 87.1 cm³/mol. The van der Waals surface area contributed by atoms with E-state index < -0.39 is 0 Å². The molecule has 2 aliphatic carbocycles. The Morgan fingerprint density at radius 2 is 1.45 bits per heavy atom.